The second kappa shape index (κ2) is 5.40. The highest BCUT2D eigenvalue weighted by Crippen LogP contribution is 2.33. The van der Waals surface area contributed by atoms with Gasteiger partial charge in [-0.2, -0.15) is 0 Å². The topological polar surface area (TPSA) is 29.3 Å². The highest BCUT2D eigenvalue weighted by atomic mass is 79.9. The van der Waals surface area contributed by atoms with Crippen molar-refractivity contribution >= 4 is 21.6 Å². The third kappa shape index (κ3) is 2.83. The second-order valence-electron chi connectivity index (χ2n) is 5.17. The average Bonchev–Trinajstić information content (AvgIpc) is 2.32. The minimum absolute atomic E-state index is 0.602. The van der Waals surface area contributed by atoms with Crippen molar-refractivity contribution in [2.24, 2.45) is 11.7 Å². The first kappa shape index (κ1) is 12.9. The van der Waals surface area contributed by atoms with Crippen molar-refractivity contribution in [3.05, 3.63) is 28.2 Å². The number of benzene rings is 1. The second-order valence-corrected chi connectivity index (χ2v) is 6.03. The monoisotopic (exact) mass is 296 g/mol. The summed E-state index contributed by atoms with van der Waals surface area (Å²) in [6.45, 7) is 6.41. The van der Waals surface area contributed by atoms with Crippen molar-refractivity contribution in [1.29, 1.82) is 0 Å². The standard InChI is InChI=1S/C14H21BrN2/c1-10-3-4-11(2)17(9-10)14-6-5-12(8-16)7-13(14)15/h5-7,10-11H,3-4,8-9,16H2,1-2H3. The Hall–Kier alpha value is -0.540. The lowest BCUT2D eigenvalue weighted by Gasteiger charge is -2.39. The predicted octanol–water partition coefficient (Wildman–Crippen LogP) is 3.53. The van der Waals surface area contributed by atoms with E-state index in [1.54, 1.807) is 0 Å². The zero-order valence-corrected chi connectivity index (χ0v) is 12.2. The van der Waals surface area contributed by atoms with Gasteiger partial charge in [0.05, 0.1) is 5.69 Å². The minimum Gasteiger partial charge on any atom is -0.368 e. The smallest absolute Gasteiger partial charge is 0.0513 e. The Balaban J connectivity index is 2.26. The highest BCUT2D eigenvalue weighted by molar-refractivity contribution is 9.10. The van der Waals surface area contributed by atoms with Gasteiger partial charge in [0.1, 0.15) is 0 Å². The normalized spacial score (nSPS) is 25.1. The first-order valence-electron chi connectivity index (χ1n) is 6.37. The molecule has 3 heteroatoms. The van der Waals surface area contributed by atoms with E-state index in [0.29, 0.717) is 12.6 Å². The molecule has 2 nitrogen and oxygen atoms in total. The van der Waals surface area contributed by atoms with Crippen molar-refractivity contribution in [3.8, 4) is 0 Å². The molecule has 2 N–H and O–H groups in total. The number of anilines is 1. The molecule has 17 heavy (non-hydrogen) atoms. The fourth-order valence-electron chi connectivity index (χ4n) is 2.53. The maximum absolute atomic E-state index is 5.66. The summed E-state index contributed by atoms with van der Waals surface area (Å²) in [4.78, 5) is 2.51. The van der Waals surface area contributed by atoms with E-state index in [4.69, 9.17) is 5.73 Å². The third-order valence-electron chi connectivity index (χ3n) is 3.67. The summed E-state index contributed by atoms with van der Waals surface area (Å²) in [5, 5.41) is 0. The van der Waals surface area contributed by atoms with Gasteiger partial charge >= 0.3 is 0 Å². The molecule has 94 valence electrons. The van der Waals surface area contributed by atoms with E-state index < -0.39 is 0 Å². The molecule has 2 unspecified atom stereocenters. The molecule has 1 heterocycles. The van der Waals surface area contributed by atoms with Crippen molar-refractivity contribution < 1.29 is 0 Å². The lowest BCUT2D eigenvalue weighted by atomic mass is 9.94. The van der Waals surface area contributed by atoms with Crippen LogP contribution in [0.4, 0.5) is 5.69 Å². The highest BCUT2D eigenvalue weighted by Gasteiger charge is 2.24. The Morgan fingerprint density at radius 1 is 1.35 bits per heavy atom. The number of nitrogens with zero attached hydrogens (tertiary/aromatic N) is 1. The van der Waals surface area contributed by atoms with E-state index in [-0.39, 0.29) is 0 Å². The van der Waals surface area contributed by atoms with E-state index in [9.17, 15) is 0 Å². The van der Waals surface area contributed by atoms with Crippen molar-refractivity contribution in [2.75, 3.05) is 11.4 Å². The summed E-state index contributed by atoms with van der Waals surface area (Å²) in [5.74, 6) is 0.785. The fraction of sp³-hybridized carbons (Fsp3) is 0.571. The van der Waals surface area contributed by atoms with Crippen LogP contribution in [0.15, 0.2) is 22.7 Å². The quantitative estimate of drug-likeness (QED) is 0.905. The summed E-state index contributed by atoms with van der Waals surface area (Å²) in [5.41, 5.74) is 8.15. The van der Waals surface area contributed by atoms with Crippen molar-refractivity contribution in [1.82, 2.24) is 0 Å². The lowest BCUT2D eigenvalue weighted by molar-refractivity contribution is 0.390. The molecule has 1 aliphatic heterocycles. The van der Waals surface area contributed by atoms with Crippen LogP contribution < -0.4 is 10.6 Å². The van der Waals surface area contributed by atoms with Gasteiger partial charge in [0, 0.05) is 23.6 Å². The molecular weight excluding hydrogens is 276 g/mol. The molecule has 2 rings (SSSR count). The molecule has 1 fully saturated rings. The predicted molar refractivity (Wildman–Crippen MR) is 77.2 cm³/mol. The third-order valence-corrected chi connectivity index (χ3v) is 4.31. The van der Waals surface area contributed by atoms with E-state index in [2.05, 4.69) is 52.9 Å². The summed E-state index contributed by atoms with van der Waals surface area (Å²) in [6.07, 6.45) is 2.63. The molecule has 1 saturated heterocycles. The first-order valence-corrected chi connectivity index (χ1v) is 7.16. The number of halogens is 1. The van der Waals surface area contributed by atoms with Gasteiger partial charge in [-0.15, -0.1) is 0 Å². The Labute approximate surface area is 112 Å². The van der Waals surface area contributed by atoms with Gasteiger partial charge in [0.25, 0.3) is 0 Å². The van der Waals surface area contributed by atoms with Gasteiger partial charge in [-0.05, 0) is 59.3 Å². The van der Waals surface area contributed by atoms with Crippen molar-refractivity contribution in [2.45, 2.75) is 39.3 Å². The van der Waals surface area contributed by atoms with Gasteiger partial charge in [-0.25, -0.2) is 0 Å². The molecule has 0 saturated carbocycles. The summed E-state index contributed by atoms with van der Waals surface area (Å²) in [6, 6.07) is 7.10. The number of piperidine rings is 1. The fourth-order valence-corrected chi connectivity index (χ4v) is 3.19. The van der Waals surface area contributed by atoms with E-state index in [1.165, 1.54) is 28.6 Å². The Bertz CT molecular complexity index is 392. The molecular formula is C14H21BrN2. The SMILES string of the molecule is CC1CCC(C)N(c2ccc(CN)cc2Br)C1. The van der Waals surface area contributed by atoms with E-state index >= 15 is 0 Å². The number of nitrogens with two attached hydrogens (primary N) is 1. The van der Waals surface area contributed by atoms with Crippen LogP contribution in [0.5, 0.6) is 0 Å². The zero-order chi connectivity index (χ0) is 12.4. The minimum atomic E-state index is 0.602. The summed E-state index contributed by atoms with van der Waals surface area (Å²) in [7, 11) is 0. The molecule has 0 bridgehead atoms. The van der Waals surface area contributed by atoms with Crippen LogP contribution in [0.3, 0.4) is 0 Å². The zero-order valence-electron chi connectivity index (χ0n) is 10.6. The van der Waals surface area contributed by atoms with Crippen LogP contribution in [0.25, 0.3) is 0 Å². The largest absolute Gasteiger partial charge is 0.368 e. The van der Waals surface area contributed by atoms with Crippen molar-refractivity contribution in [3.63, 3.8) is 0 Å². The van der Waals surface area contributed by atoms with Crippen LogP contribution in [-0.2, 0) is 6.54 Å². The van der Waals surface area contributed by atoms with Crippen LogP contribution in [0.2, 0.25) is 0 Å². The molecule has 0 aromatic heterocycles. The van der Waals surface area contributed by atoms with Crippen LogP contribution in [-0.4, -0.2) is 12.6 Å². The van der Waals surface area contributed by atoms with Gasteiger partial charge in [-0.1, -0.05) is 13.0 Å². The van der Waals surface area contributed by atoms with Crippen LogP contribution in [0, 0.1) is 5.92 Å². The Morgan fingerprint density at radius 3 is 2.76 bits per heavy atom. The van der Waals surface area contributed by atoms with Gasteiger partial charge in [0.15, 0.2) is 0 Å². The van der Waals surface area contributed by atoms with Gasteiger partial charge in [-0.3, -0.25) is 0 Å². The number of rotatable bonds is 2. The Kier molecular flexibility index (Phi) is 4.10. The molecule has 0 amide bonds. The molecule has 1 aromatic carbocycles. The van der Waals surface area contributed by atoms with Gasteiger partial charge in [0.2, 0.25) is 0 Å². The number of hydrogen-bond acceptors (Lipinski definition) is 2. The molecule has 1 aliphatic rings. The summed E-state index contributed by atoms with van der Waals surface area (Å²) >= 11 is 3.67. The summed E-state index contributed by atoms with van der Waals surface area (Å²) < 4.78 is 1.17. The molecule has 0 aliphatic carbocycles. The maximum atomic E-state index is 5.66. The average molecular weight is 297 g/mol. The maximum Gasteiger partial charge on any atom is 0.0513 e. The molecule has 0 spiro atoms. The van der Waals surface area contributed by atoms with E-state index in [0.717, 1.165) is 12.5 Å². The molecule has 0 radical (unpaired) electrons. The van der Waals surface area contributed by atoms with Gasteiger partial charge < -0.3 is 10.6 Å². The number of hydrogen-bond donors (Lipinski definition) is 1. The van der Waals surface area contributed by atoms with Crippen LogP contribution in [0.1, 0.15) is 32.3 Å². The lowest BCUT2D eigenvalue weighted by Crippen LogP contribution is -2.41. The van der Waals surface area contributed by atoms with E-state index in [1.807, 2.05) is 0 Å². The van der Waals surface area contributed by atoms with Crippen LogP contribution >= 0.6 is 15.9 Å². The molecule has 1 aromatic rings. The molecule has 2 atom stereocenters. The first-order chi connectivity index (χ1) is 8.11. The Morgan fingerprint density at radius 2 is 2.12 bits per heavy atom.